The average Bonchev–Trinajstić information content (AvgIpc) is 3.72. The first-order valence-electron chi connectivity index (χ1n) is 20.8. The lowest BCUT2D eigenvalue weighted by molar-refractivity contribution is -0.0562. The fraction of sp³-hybridized carbons (Fsp3) is 0.614. The minimum Gasteiger partial charge on any atom is -0.408 e. The number of nitrogens with one attached hydrogen (secondary N) is 1. The van der Waals surface area contributed by atoms with Crippen molar-refractivity contribution in [2.45, 2.75) is 134 Å². The van der Waals surface area contributed by atoms with Crippen LogP contribution in [0.15, 0.2) is 67.0 Å². The molecule has 4 atom stereocenters. The number of fused-ring (bicyclic) bond motifs is 1. The van der Waals surface area contributed by atoms with Crippen LogP contribution in [0.4, 0.5) is 5.82 Å². The summed E-state index contributed by atoms with van der Waals surface area (Å²) in [5, 5.41) is 3.68. The second kappa shape index (κ2) is 17.7. The van der Waals surface area contributed by atoms with Crippen LogP contribution in [0.1, 0.15) is 83.5 Å². The molecular weight excluding hydrogens is 749 g/mol. The molecule has 312 valence electrons. The Kier molecular flexibility index (Phi) is 13.5. The molecule has 2 aromatic carbocycles. The third-order valence-electron chi connectivity index (χ3n) is 12.8. The van der Waals surface area contributed by atoms with Crippen LogP contribution in [-0.2, 0) is 29.7 Å². The third kappa shape index (κ3) is 10.1. The van der Waals surface area contributed by atoms with Crippen molar-refractivity contribution >= 4 is 33.6 Å². The quantitative estimate of drug-likeness (QED) is 0.117. The van der Waals surface area contributed by atoms with E-state index in [1.54, 1.807) is 7.11 Å². The molecule has 0 radical (unpaired) electrons. The van der Waals surface area contributed by atoms with Gasteiger partial charge in [0.2, 0.25) is 0 Å². The first-order chi connectivity index (χ1) is 26.9. The SMILES string of the molecule is COCC1OC(n2cnc3c(NCC(c4ccccc4)c4ccccc4)nc(COC4CCN(C)CC4)nc32)C(O[Si](C)(C)C(C)(C)C)C1O[Si](C)(C)C(C)(C)C. The highest BCUT2D eigenvalue weighted by atomic mass is 28.4. The Hall–Kier alpha value is -3.02. The number of piperidine rings is 1. The van der Waals surface area contributed by atoms with E-state index in [2.05, 4.69) is 146 Å². The van der Waals surface area contributed by atoms with Gasteiger partial charge in [0.05, 0.1) is 19.0 Å². The molecule has 57 heavy (non-hydrogen) atoms. The number of hydrogen-bond donors (Lipinski definition) is 1. The van der Waals surface area contributed by atoms with Gasteiger partial charge in [-0.3, -0.25) is 4.57 Å². The van der Waals surface area contributed by atoms with Crippen molar-refractivity contribution in [3.8, 4) is 0 Å². The number of rotatable bonds is 15. The molecule has 13 heteroatoms. The topological polar surface area (TPSA) is 105 Å². The van der Waals surface area contributed by atoms with E-state index in [9.17, 15) is 0 Å². The van der Waals surface area contributed by atoms with E-state index >= 15 is 0 Å². The first-order valence-corrected chi connectivity index (χ1v) is 26.6. The van der Waals surface area contributed by atoms with E-state index in [-0.39, 0.29) is 34.3 Å². The fourth-order valence-corrected chi connectivity index (χ4v) is 9.81. The van der Waals surface area contributed by atoms with Gasteiger partial charge in [-0.2, -0.15) is 0 Å². The van der Waals surface area contributed by atoms with Crippen LogP contribution >= 0.6 is 0 Å². The Morgan fingerprint density at radius 2 is 1.39 bits per heavy atom. The van der Waals surface area contributed by atoms with Crippen LogP contribution < -0.4 is 5.32 Å². The number of benzene rings is 2. The summed E-state index contributed by atoms with van der Waals surface area (Å²) >= 11 is 0. The minimum absolute atomic E-state index is 0.0141. The Morgan fingerprint density at radius 1 is 0.825 bits per heavy atom. The van der Waals surface area contributed by atoms with Gasteiger partial charge in [-0.1, -0.05) is 102 Å². The van der Waals surface area contributed by atoms with Crippen LogP contribution in [0, 0.1) is 0 Å². The molecule has 1 N–H and O–H groups in total. The molecule has 2 aliphatic heterocycles. The predicted octanol–water partition coefficient (Wildman–Crippen LogP) is 9.01. The number of anilines is 1. The van der Waals surface area contributed by atoms with Crippen molar-refractivity contribution in [3.05, 3.63) is 83.9 Å². The zero-order chi connectivity index (χ0) is 41.2. The molecule has 2 fully saturated rings. The minimum atomic E-state index is -2.34. The molecule has 0 spiro atoms. The normalized spacial score (nSPS) is 21.8. The molecule has 4 unspecified atom stereocenters. The Morgan fingerprint density at radius 3 is 1.93 bits per heavy atom. The molecule has 0 aliphatic carbocycles. The van der Waals surface area contributed by atoms with Crippen molar-refractivity contribution in [2.75, 3.05) is 45.7 Å². The summed E-state index contributed by atoms with van der Waals surface area (Å²) in [4.78, 5) is 17.7. The molecular formula is C44H68N6O5Si2. The number of methoxy groups -OCH3 is 1. The van der Waals surface area contributed by atoms with Crippen LogP contribution in [0.3, 0.4) is 0 Å². The maximum Gasteiger partial charge on any atom is 0.192 e. The maximum absolute atomic E-state index is 7.39. The maximum atomic E-state index is 7.39. The van der Waals surface area contributed by atoms with E-state index < -0.39 is 29.0 Å². The molecule has 2 aromatic heterocycles. The monoisotopic (exact) mass is 816 g/mol. The van der Waals surface area contributed by atoms with E-state index in [1.165, 1.54) is 11.1 Å². The van der Waals surface area contributed by atoms with Crippen molar-refractivity contribution < 1.29 is 23.1 Å². The van der Waals surface area contributed by atoms with Gasteiger partial charge in [0.15, 0.2) is 45.7 Å². The van der Waals surface area contributed by atoms with E-state index in [4.69, 9.17) is 38.0 Å². The molecule has 0 saturated carbocycles. The van der Waals surface area contributed by atoms with Gasteiger partial charge in [0.25, 0.3) is 0 Å². The molecule has 2 saturated heterocycles. The summed E-state index contributed by atoms with van der Waals surface area (Å²) in [6.45, 7) is 26.1. The van der Waals surface area contributed by atoms with Crippen molar-refractivity contribution in [1.29, 1.82) is 0 Å². The molecule has 0 amide bonds. The van der Waals surface area contributed by atoms with E-state index in [0.717, 1.165) is 25.9 Å². The molecule has 0 bridgehead atoms. The van der Waals surface area contributed by atoms with Gasteiger partial charge in [0, 0.05) is 32.7 Å². The van der Waals surface area contributed by atoms with Gasteiger partial charge in [-0.25, -0.2) is 15.0 Å². The number of hydrogen-bond acceptors (Lipinski definition) is 10. The van der Waals surface area contributed by atoms with Gasteiger partial charge in [-0.05, 0) is 67.3 Å². The molecule has 6 rings (SSSR count). The Labute approximate surface area is 343 Å². The predicted molar refractivity (Wildman–Crippen MR) is 234 cm³/mol. The zero-order valence-corrected chi connectivity index (χ0v) is 38.5. The highest BCUT2D eigenvalue weighted by molar-refractivity contribution is 6.74. The number of aromatic nitrogens is 4. The van der Waals surface area contributed by atoms with E-state index in [1.807, 2.05) is 10.9 Å². The number of likely N-dealkylation sites (tertiary alicyclic amines) is 1. The molecule has 11 nitrogen and oxygen atoms in total. The third-order valence-corrected chi connectivity index (χ3v) is 21.8. The van der Waals surface area contributed by atoms with Crippen molar-refractivity contribution in [3.63, 3.8) is 0 Å². The smallest absolute Gasteiger partial charge is 0.192 e. The first kappa shape index (κ1) is 43.6. The van der Waals surface area contributed by atoms with Gasteiger partial charge >= 0.3 is 0 Å². The molecule has 4 heterocycles. The second-order valence-corrected chi connectivity index (χ2v) is 28.6. The summed E-state index contributed by atoms with van der Waals surface area (Å²) < 4.78 is 36.1. The van der Waals surface area contributed by atoms with Crippen LogP contribution in [0.2, 0.25) is 36.3 Å². The Balaban J connectivity index is 1.42. The summed E-state index contributed by atoms with van der Waals surface area (Å²) in [6.07, 6.45) is 2.26. The summed E-state index contributed by atoms with van der Waals surface area (Å²) in [5.74, 6) is 1.35. The van der Waals surface area contributed by atoms with Gasteiger partial charge < -0.3 is 33.3 Å². The highest BCUT2D eigenvalue weighted by Gasteiger charge is 2.54. The van der Waals surface area contributed by atoms with Crippen molar-refractivity contribution in [1.82, 2.24) is 24.4 Å². The fourth-order valence-electron chi connectivity index (χ4n) is 7.21. The molecule has 4 aromatic rings. The van der Waals surface area contributed by atoms with Gasteiger partial charge in [0.1, 0.15) is 24.9 Å². The molecule has 2 aliphatic rings. The standard InChI is InChI=1S/C44H68N6O5Si2/c1-43(2,3)56(9,10)54-38-35(28-51-8)53-42(39(38)55-57(11,12)44(4,5)6)50-30-46-37-40(47-36(48-41(37)50)29-52-33-23-25-49(7)26-24-33)45-27-34(31-19-15-13-16-20-31)32-21-17-14-18-22-32/h13-22,30,33-35,38-39,42H,23-29H2,1-12H3,(H,45,47,48). The number of nitrogens with zero attached hydrogens (tertiary/aromatic N) is 5. The Bertz CT molecular complexity index is 1850. The average molecular weight is 817 g/mol. The lowest BCUT2D eigenvalue weighted by atomic mass is 9.91. The highest BCUT2D eigenvalue weighted by Crippen LogP contribution is 2.46. The van der Waals surface area contributed by atoms with Crippen LogP contribution in [0.25, 0.3) is 11.2 Å². The number of imidazole rings is 1. The largest absolute Gasteiger partial charge is 0.408 e. The lowest BCUT2D eigenvalue weighted by Gasteiger charge is -2.44. The number of ether oxygens (including phenoxy) is 3. The summed E-state index contributed by atoms with van der Waals surface area (Å²) in [7, 11) is -0.741. The van der Waals surface area contributed by atoms with Crippen molar-refractivity contribution in [2.24, 2.45) is 0 Å². The van der Waals surface area contributed by atoms with Gasteiger partial charge in [-0.15, -0.1) is 0 Å². The summed E-state index contributed by atoms with van der Waals surface area (Å²) in [5.41, 5.74) is 3.78. The van der Waals surface area contributed by atoms with Crippen LogP contribution in [-0.4, -0.2) is 106 Å². The van der Waals surface area contributed by atoms with Crippen LogP contribution in [0.5, 0.6) is 0 Å². The zero-order valence-electron chi connectivity index (χ0n) is 36.5. The second-order valence-electron chi connectivity index (χ2n) is 19.1. The summed E-state index contributed by atoms with van der Waals surface area (Å²) in [6, 6.07) is 21.2. The lowest BCUT2D eigenvalue weighted by Crippen LogP contribution is -2.54. The van der Waals surface area contributed by atoms with E-state index in [0.29, 0.717) is 42.6 Å².